The van der Waals surface area contributed by atoms with Gasteiger partial charge in [0.15, 0.2) is 0 Å². The summed E-state index contributed by atoms with van der Waals surface area (Å²) in [5.74, 6) is -0.664. The van der Waals surface area contributed by atoms with Crippen LogP contribution in [0.4, 0.5) is 0 Å². The summed E-state index contributed by atoms with van der Waals surface area (Å²) in [7, 11) is 0. The second-order valence-corrected chi connectivity index (χ2v) is 7.29. The molecular formula is C16H19ClN2O4S. The molecular weight excluding hydrogens is 352 g/mol. The van der Waals surface area contributed by atoms with E-state index in [-0.39, 0.29) is 12.3 Å². The summed E-state index contributed by atoms with van der Waals surface area (Å²) in [4.78, 5) is 35.3. The number of carboxylic acid groups (broad SMARTS) is 1. The molecule has 2 unspecified atom stereocenters. The molecule has 1 heterocycles. The first-order chi connectivity index (χ1) is 11.3. The van der Waals surface area contributed by atoms with Crippen molar-refractivity contribution in [2.45, 2.75) is 31.3 Å². The lowest BCUT2D eigenvalue weighted by Crippen LogP contribution is -2.55. The van der Waals surface area contributed by atoms with Gasteiger partial charge in [-0.2, -0.15) is 11.8 Å². The predicted molar refractivity (Wildman–Crippen MR) is 93.1 cm³/mol. The summed E-state index contributed by atoms with van der Waals surface area (Å²) >= 11 is 7.36. The second-order valence-electron chi connectivity index (χ2n) is 5.75. The Balaban J connectivity index is 2.10. The van der Waals surface area contributed by atoms with E-state index in [1.54, 1.807) is 24.3 Å². The van der Waals surface area contributed by atoms with Crippen LogP contribution in [0.2, 0.25) is 5.02 Å². The van der Waals surface area contributed by atoms with E-state index in [4.69, 9.17) is 11.6 Å². The second kappa shape index (κ2) is 7.90. The Labute approximate surface area is 149 Å². The van der Waals surface area contributed by atoms with Gasteiger partial charge in [-0.25, -0.2) is 4.79 Å². The van der Waals surface area contributed by atoms with Crippen molar-refractivity contribution in [2.75, 3.05) is 11.5 Å². The average Bonchev–Trinajstić information content (AvgIpc) is 2.96. The van der Waals surface area contributed by atoms with Crippen molar-refractivity contribution < 1.29 is 19.5 Å². The monoisotopic (exact) mass is 370 g/mol. The maximum atomic E-state index is 12.4. The molecule has 2 rings (SSSR count). The molecule has 3 N–H and O–H groups in total. The minimum atomic E-state index is -1.22. The van der Waals surface area contributed by atoms with Crippen LogP contribution < -0.4 is 10.6 Å². The van der Waals surface area contributed by atoms with E-state index in [0.29, 0.717) is 22.9 Å². The Kier molecular flexibility index (Phi) is 6.12. The first kappa shape index (κ1) is 18.6. The zero-order chi connectivity index (χ0) is 17.7. The SMILES string of the molecule is CC(=O)NC(CC(=O)NC1(C(=O)O)CCSC1)c1ccc(Cl)cc1. The van der Waals surface area contributed by atoms with E-state index in [0.717, 1.165) is 5.56 Å². The molecule has 0 spiro atoms. The normalized spacial score (nSPS) is 21.1. The molecule has 1 aliphatic heterocycles. The van der Waals surface area contributed by atoms with Gasteiger partial charge in [-0.3, -0.25) is 9.59 Å². The topological polar surface area (TPSA) is 95.5 Å². The van der Waals surface area contributed by atoms with Crippen molar-refractivity contribution in [2.24, 2.45) is 0 Å². The van der Waals surface area contributed by atoms with Gasteiger partial charge >= 0.3 is 5.97 Å². The summed E-state index contributed by atoms with van der Waals surface area (Å²) in [6.07, 6.45) is 0.353. The maximum absolute atomic E-state index is 12.4. The Morgan fingerprint density at radius 1 is 1.33 bits per heavy atom. The Bertz CT molecular complexity index is 629. The smallest absolute Gasteiger partial charge is 0.330 e. The fraction of sp³-hybridized carbons (Fsp3) is 0.438. The van der Waals surface area contributed by atoms with Gasteiger partial charge in [0.05, 0.1) is 12.5 Å². The molecule has 0 bridgehead atoms. The van der Waals surface area contributed by atoms with Crippen LogP contribution in [-0.2, 0) is 14.4 Å². The summed E-state index contributed by atoms with van der Waals surface area (Å²) in [5, 5.41) is 15.3. The van der Waals surface area contributed by atoms with E-state index in [1.807, 2.05) is 0 Å². The molecule has 1 saturated heterocycles. The third-order valence-electron chi connectivity index (χ3n) is 3.85. The van der Waals surface area contributed by atoms with E-state index in [2.05, 4.69) is 10.6 Å². The molecule has 8 heteroatoms. The lowest BCUT2D eigenvalue weighted by Gasteiger charge is -2.26. The van der Waals surface area contributed by atoms with Crippen LogP contribution in [0.5, 0.6) is 0 Å². The molecule has 0 aliphatic carbocycles. The highest BCUT2D eigenvalue weighted by molar-refractivity contribution is 7.99. The van der Waals surface area contributed by atoms with Crippen molar-refractivity contribution >= 4 is 41.1 Å². The van der Waals surface area contributed by atoms with Gasteiger partial charge in [-0.15, -0.1) is 0 Å². The lowest BCUT2D eigenvalue weighted by atomic mass is 9.97. The summed E-state index contributed by atoms with van der Waals surface area (Å²) in [6.45, 7) is 1.37. The summed E-state index contributed by atoms with van der Waals surface area (Å²) in [6, 6.07) is 6.27. The number of thioether (sulfide) groups is 1. The van der Waals surface area contributed by atoms with Crippen molar-refractivity contribution in [3.8, 4) is 0 Å². The van der Waals surface area contributed by atoms with Crippen molar-refractivity contribution in [3.05, 3.63) is 34.9 Å². The fourth-order valence-electron chi connectivity index (χ4n) is 2.58. The number of hydrogen-bond acceptors (Lipinski definition) is 4. The number of benzene rings is 1. The van der Waals surface area contributed by atoms with Crippen LogP contribution in [0.25, 0.3) is 0 Å². The van der Waals surface area contributed by atoms with Crippen LogP contribution in [0, 0.1) is 0 Å². The average molecular weight is 371 g/mol. The fourth-order valence-corrected chi connectivity index (χ4v) is 4.03. The zero-order valence-electron chi connectivity index (χ0n) is 13.2. The number of carbonyl (C=O) groups is 3. The highest BCUT2D eigenvalue weighted by atomic mass is 35.5. The van der Waals surface area contributed by atoms with E-state index in [1.165, 1.54) is 18.7 Å². The van der Waals surface area contributed by atoms with Crippen molar-refractivity contribution in [3.63, 3.8) is 0 Å². The first-order valence-corrected chi connectivity index (χ1v) is 9.00. The number of amides is 2. The molecule has 1 aliphatic rings. The summed E-state index contributed by atoms with van der Waals surface area (Å²) < 4.78 is 0. The third-order valence-corrected chi connectivity index (χ3v) is 5.29. The number of rotatable bonds is 6. The van der Waals surface area contributed by atoms with Gasteiger partial charge in [-0.1, -0.05) is 23.7 Å². The molecule has 6 nitrogen and oxygen atoms in total. The van der Waals surface area contributed by atoms with Crippen LogP contribution >= 0.6 is 23.4 Å². The standard InChI is InChI=1S/C16H19ClN2O4S/c1-10(20)18-13(11-2-4-12(17)5-3-11)8-14(21)19-16(15(22)23)6-7-24-9-16/h2-5,13H,6-9H2,1H3,(H,18,20)(H,19,21)(H,22,23). The highest BCUT2D eigenvalue weighted by Gasteiger charge is 2.43. The van der Waals surface area contributed by atoms with Gasteiger partial charge < -0.3 is 15.7 Å². The molecule has 2 amide bonds. The van der Waals surface area contributed by atoms with E-state index >= 15 is 0 Å². The van der Waals surface area contributed by atoms with Crippen LogP contribution in [-0.4, -0.2) is 39.9 Å². The molecule has 0 aromatic heterocycles. The van der Waals surface area contributed by atoms with Gasteiger partial charge in [0.25, 0.3) is 0 Å². The highest BCUT2D eigenvalue weighted by Crippen LogP contribution is 2.29. The van der Waals surface area contributed by atoms with Crippen LogP contribution in [0.3, 0.4) is 0 Å². The zero-order valence-corrected chi connectivity index (χ0v) is 14.7. The Hall–Kier alpha value is -1.73. The molecule has 1 fully saturated rings. The molecule has 130 valence electrons. The van der Waals surface area contributed by atoms with Crippen molar-refractivity contribution in [1.82, 2.24) is 10.6 Å². The quantitative estimate of drug-likeness (QED) is 0.711. The van der Waals surface area contributed by atoms with Crippen molar-refractivity contribution in [1.29, 1.82) is 0 Å². The first-order valence-electron chi connectivity index (χ1n) is 7.47. The molecule has 0 radical (unpaired) electrons. The van der Waals surface area contributed by atoms with Gasteiger partial charge in [-0.05, 0) is 29.9 Å². The third kappa shape index (κ3) is 4.64. The van der Waals surface area contributed by atoms with Crippen LogP contribution in [0.15, 0.2) is 24.3 Å². The number of halogens is 1. The van der Waals surface area contributed by atoms with Gasteiger partial charge in [0, 0.05) is 17.7 Å². The molecule has 1 aromatic rings. The number of aliphatic carboxylic acids is 1. The largest absolute Gasteiger partial charge is 0.479 e. The predicted octanol–water partition coefficient (Wildman–Crippen LogP) is 1.98. The minimum Gasteiger partial charge on any atom is -0.479 e. The Morgan fingerprint density at radius 2 is 2.00 bits per heavy atom. The number of carboxylic acids is 1. The van der Waals surface area contributed by atoms with Gasteiger partial charge in [0.2, 0.25) is 11.8 Å². The maximum Gasteiger partial charge on any atom is 0.330 e. The molecule has 2 atom stereocenters. The summed E-state index contributed by atoms with van der Waals surface area (Å²) in [5.41, 5.74) is -0.488. The van der Waals surface area contributed by atoms with Crippen LogP contribution in [0.1, 0.15) is 31.4 Å². The molecule has 0 saturated carbocycles. The van der Waals surface area contributed by atoms with E-state index < -0.39 is 23.5 Å². The Morgan fingerprint density at radius 3 is 2.50 bits per heavy atom. The molecule has 1 aromatic carbocycles. The van der Waals surface area contributed by atoms with E-state index in [9.17, 15) is 19.5 Å². The number of carbonyl (C=O) groups excluding carboxylic acids is 2. The minimum absolute atomic E-state index is 0.0408. The number of nitrogens with one attached hydrogen (secondary N) is 2. The number of hydrogen-bond donors (Lipinski definition) is 3. The van der Waals surface area contributed by atoms with Gasteiger partial charge in [0.1, 0.15) is 5.54 Å². The molecule has 24 heavy (non-hydrogen) atoms. The lowest BCUT2D eigenvalue weighted by molar-refractivity contribution is -0.146.